The number of benzene rings is 1. The van der Waals surface area contributed by atoms with E-state index in [2.05, 4.69) is 5.32 Å². The summed E-state index contributed by atoms with van der Waals surface area (Å²) >= 11 is 0. The number of carbonyl (C=O) groups is 3. The first kappa shape index (κ1) is 22.7. The fourth-order valence-electron chi connectivity index (χ4n) is 2.29. The maximum absolute atomic E-state index is 12.3. The van der Waals surface area contributed by atoms with Crippen molar-refractivity contribution in [3.63, 3.8) is 0 Å². The van der Waals surface area contributed by atoms with Gasteiger partial charge in [-0.15, -0.1) is 0 Å². The average molecular weight is 377 g/mol. The monoisotopic (exact) mass is 377 g/mol. The van der Waals surface area contributed by atoms with Crippen molar-refractivity contribution in [3.8, 4) is 5.75 Å². The SMILES string of the molecule is CC(C)C[C@H](NC(=O)C(=O)C(C)(C)C)C(=O)OCCCOc1ccccc1. The lowest BCUT2D eigenvalue weighted by Gasteiger charge is -2.21. The van der Waals surface area contributed by atoms with Crippen molar-refractivity contribution < 1.29 is 23.9 Å². The molecule has 1 aromatic carbocycles. The minimum Gasteiger partial charge on any atom is -0.493 e. The van der Waals surface area contributed by atoms with Gasteiger partial charge in [-0.3, -0.25) is 9.59 Å². The molecule has 0 aromatic heterocycles. The third-order valence-electron chi connectivity index (χ3n) is 3.73. The number of hydrogen-bond donors (Lipinski definition) is 1. The van der Waals surface area contributed by atoms with Crippen LogP contribution in [-0.2, 0) is 19.1 Å². The Labute approximate surface area is 161 Å². The third-order valence-corrected chi connectivity index (χ3v) is 3.73. The minimum absolute atomic E-state index is 0.161. The number of hydrogen-bond acceptors (Lipinski definition) is 5. The van der Waals surface area contributed by atoms with Gasteiger partial charge in [0.1, 0.15) is 11.8 Å². The Morgan fingerprint density at radius 1 is 1.04 bits per heavy atom. The lowest BCUT2D eigenvalue weighted by atomic mass is 9.90. The second-order valence-corrected chi connectivity index (χ2v) is 7.92. The predicted molar refractivity (Wildman–Crippen MR) is 103 cm³/mol. The molecule has 0 saturated carbocycles. The molecule has 1 aromatic rings. The summed E-state index contributed by atoms with van der Waals surface area (Å²) in [5, 5.41) is 2.53. The molecule has 1 atom stereocenters. The normalized spacial score (nSPS) is 12.4. The highest BCUT2D eigenvalue weighted by atomic mass is 16.5. The molecule has 6 nitrogen and oxygen atoms in total. The van der Waals surface area contributed by atoms with Crippen molar-refractivity contribution in [2.24, 2.45) is 11.3 Å². The van der Waals surface area contributed by atoms with Crippen LogP contribution >= 0.6 is 0 Å². The molecule has 27 heavy (non-hydrogen) atoms. The Morgan fingerprint density at radius 3 is 2.22 bits per heavy atom. The van der Waals surface area contributed by atoms with E-state index in [1.807, 2.05) is 44.2 Å². The molecule has 0 heterocycles. The highest BCUT2D eigenvalue weighted by Crippen LogP contribution is 2.15. The maximum Gasteiger partial charge on any atom is 0.328 e. The molecular formula is C21H31NO5. The zero-order valence-corrected chi connectivity index (χ0v) is 16.9. The van der Waals surface area contributed by atoms with Crippen molar-refractivity contribution in [2.75, 3.05) is 13.2 Å². The Morgan fingerprint density at radius 2 is 1.67 bits per heavy atom. The van der Waals surface area contributed by atoms with Crippen LogP contribution in [0.1, 0.15) is 47.5 Å². The first-order valence-corrected chi connectivity index (χ1v) is 9.31. The van der Waals surface area contributed by atoms with Crippen molar-refractivity contribution in [1.82, 2.24) is 5.32 Å². The van der Waals surface area contributed by atoms with E-state index in [4.69, 9.17) is 9.47 Å². The largest absolute Gasteiger partial charge is 0.493 e. The summed E-state index contributed by atoms with van der Waals surface area (Å²) < 4.78 is 10.8. The van der Waals surface area contributed by atoms with Gasteiger partial charge in [-0.05, 0) is 24.5 Å². The van der Waals surface area contributed by atoms with Gasteiger partial charge in [-0.2, -0.15) is 0 Å². The van der Waals surface area contributed by atoms with Crippen LogP contribution < -0.4 is 10.1 Å². The van der Waals surface area contributed by atoms with Crippen LogP contribution in [-0.4, -0.2) is 36.9 Å². The van der Waals surface area contributed by atoms with Crippen LogP contribution in [0.2, 0.25) is 0 Å². The minimum atomic E-state index is -0.834. The first-order valence-electron chi connectivity index (χ1n) is 9.31. The van der Waals surface area contributed by atoms with E-state index in [9.17, 15) is 14.4 Å². The molecule has 0 aliphatic rings. The molecule has 0 fully saturated rings. The van der Waals surface area contributed by atoms with Gasteiger partial charge in [-0.25, -0.2) is 4.79 Å². The fraction of sp³-hybridized carbons (Fsp3) is 0.571. The van der Waals surface area contributed by atoms with Gasteiger partial charge in [0, 0.05) is 11.8 Å². The third kappa shape index (κ3) is 8.71. The fourth-order valence-corrected chi connectivity index (χ4v) is 2.29. The standard InChI is InChI=1S/C21H31NO5/c1-15(2)14-17(22-19(24)18(23)21(3,4)5)20(25)27-13-9-12-26-16-10-7-6-8-11-16/h6-8,10-11,15,17H,9,12-14H2,1-5H3,(H,22,24)/t17-/m0/s1. The number of ether oxygens (including phenoxy) is 2. The summed E-state index contributed by atoms with van der Waals surface area (Å²) in [6.45, 7) is 9.47. The van der Waals surface area contributed by atoms with Crippen molar-refractivity contribution in [3.05, 3.63) is 30.3 Å². The van der Waals surface area contributed by atoms with Crippen LogP contribution in [0.5, 0.6) is 5.75 Å². The van der Waals surface area contributed by atoms with Gasteiger partial charge >= 0.3 is 5.97 Å². The topological polar surface area (TPSA) is 81.7 Å². The van der Waals surface area contributed by atoms with Crippen LogP contribution in [0, 0.1) is 11.3 Å². The van der Waals surface area contributed by atoms with Gasteiger partial charge in [0.25, 0.3) is 5.91 Å². The second kappa shape index (κ2) is 10.7. The Hall–Kier alpha value is -2.37. The summed E-state index contributed by atoms with van der Waals surface area (Å²) in [5.41, 5.74) is -0.800. The van der Waals surface area contributed by atoms with Crippen molar-refractivity contribution in [1.29, 1.82) is 0 Å². The van der Waals surface area contributed by atoms with Gasteiger partial charge in [0.15, 0.2) is 0 Å². The van der Waals surface area contributed by atoms with Crippen LogP contribution in [0.4, 0.5) is 0 Å². The van der Waals surface area contributed by atoms with Crippen molar-refractivity contribution in [2.45, 2.75) is 53.5 Å². The highest BCUT2D eigenvalue weighted by molar-refractivity contribution is 6.38. The van der Waals surface area contributed by atoms with E-state index < -0.39 is 29.1 Å². The highest BCUT2D eigenvalue weighted by Gasteiger charge is 2.32. The van der Waals surface area contributed by atoms with E-state index in [0.29, 0.717) is 19.4 Å². The molecular weight excluding hydrogens is 346 g/mol. The first-order chi connectivity index (χ1) is 12.6. The molecule has 0 saturated heterocycles. The predicted octanol–water partition coefficient (Wildman–Crippen LogP) is 3.14. The molecule has 0 spiro atoms. The van der Waals surface area contributed by atoms with E-state index in [-0.39, 0.29) is 12.5 Å². The average Bonchev–Trinajstić information content (AvgIpc) is 2.59. The molecule has 0 radical (unpaired) electrons. The number of amides is 1. The smallest absolute Gasteiger partial charge is 0.328 e. The molecule has 0 bridgehead atoms. The lowest BCUT2D eigenvalue weighted by Crippen LogP contribution is -2.48. The van der Waals surface area contributed by atoms with E-state index >= 15 is 0 Å². The summed E-state index contributed by atoms with van der Waals surface area (Å²) in [7, 11) is 0. The van der Waals surface area contributed by atoms with E-state index in [1.54, 1.807) is 20.8 Å². The molecule has 1 rings (SSSR count). The van der Waals surface area contributed by atoms with E-state index in [0.717, 1.165) is 5.75 Å². The summed E-state index contributed by atoms with van der Waals surface area (Å²) in [6.07, 6.45) is 0.937. The van der Waals surface area contributed by atoms with Gasteiger partial charge < -0.3 is 14.8 Å². The summed E-state index contributed by atoms with van der Waals surface area (Å²) in [6, 6.07) is 8.54. The Kier molecular flexibility index (Phi) is 8.98. The maximum atomic E-state index is 12.3. The number of ketones is 1. The summed E-state index contributed by atoms with van der Waals surface area (Å²) in [5.74, 6) is -0.917. The van der Waals surface area contributed by atoms with Crippen LogP contribution in [0.3, 0.4) is 0 Å². The summed E-state index contributed by atoms with van der Waals surface area (Å²) in [4.78, 5) is 36.5. The Balaban J connectivity index is 2.47. The molecule has 0 aliphatic heterocycles. The van der Waals surface area contributed by atoms with Crippen LogP contribution in [0.15, 0.2) is 30.3 Å². The zero-order valence-electron chi connectivity index (χ0n) is 16.9. The lowest BCUT2D eigenvalue weighted by molar-refractivity contribution is -0.150. The van der Waals surface area contributed by atoms with E-state index in [1.165, 1.54) is 0 Å². The van der Waals surface area contributed by atoms with Crippen LogP contribution in [0.25, 0.3) is 0 Å². The molecule has 1 amide bonds. The van der Waals surface area contributed by atoms with Crippen molar-refractivity contribution >= 4 is 17.7 Å². The number of para-hydroxylation sites is 1. The molecule has 0 unspecified atom stereocenters. The molecule has 150 valence electrons. The zero-order chi connectivity index (χ0) is 20.4. The van der Waals surface area contributed by atoms with Gasteiger partial charge in [-0.1, -0.05) is 52.8 Å². The molecule has 6 heteroatoms. The number of nitrogens with one attached hydrogen (secondary N) is 1. The van der Waals surface area contributed by atoms with Gasteiger partial charge in [0.2, 0.25) is 5.78 Å². The number of Topliss-reactive ketones (excluding diaryl/α,β-unsaturated/α-hetero) is 1. The second-order valence-electron chi connectivity index (χ2n) is 7.92. The quantitative estimate of drug-likeness (QED) is 0.385. The number of rotatable bonds is 10. The Bertz CT molecular complexity index is 619. The van der Waals surface area contributed by atoms with Gasteiger partial charge in [0.05, 0.1) is 13.2 Å². The number of esters is 1. The number of carbonyl (C=O) groups excluding carboxylic acids is 3. The molecule has 0 aliphatic carbocycles. The molecule has 1 N–H and O–H groups in total.